The zero-order chi connectivity index (χ0) is 16.9. The smallest absolute Gasteiger partial charge is 0.193 e. The van der Waals surface area contributed by atoms with E-state index in [0.29, 0.717) is 16.9 Å². The van der Waals surface area contributed by atoms with Crippen molar-refractivity contribution in [2.45, 2.75) is 6.61 Å². The number of carbonyl (C=O) groups excluding carboxylic acids is 1. The fourth-order valence-corrected chi connectivity index (χ4v) is 2.26. The van der Waals surface area contributed by atoms with Gasteiger partial charge in [0.25, 0.3) is 0 Å². The summed E-state index contributed by atoms with van der Waals surface area (Å²) in [6, 6.07) is 18.2. The molecule has 0 saturated carbocycles. The van der Waals surface area contributed by atoms with Crippen molar-refractivity contribution in [3.8, 4) is 5.75 Å². The summed E-state index contributed by atoms with van der Waals surface area (Å²) in [6.45, 7) is 0.239. The van der Waals surface area contributed by atoms with E-state index in [4.69, 9.17) is 4.74 Å². The van der Waals surface area contributed by atoms with Gasteiger partial charge in [0.15, 0.2) is 5.78 Å². The highest BCUT2D eigenvalue weighted by molar-refractivity contribution is 6.08. The minimum Gasteiger partial charge on any atom is -0.489 e. The van der Waals surface area contributed by atoms with Crippen molar-refractivity contribution in [3.05, 3.63) is 101 Å². The summed E-state index contributed by atoms with van der Waals surface area (Å²) in [5.41, 5.74) is 1.63. The molecule has 0 aliphatic carbocycles. The highest BCUT2D eigenvalue weighted by Crippen LogP contribution is 2.17. The predicted molar refractivity (Wildman–Crippen MR) is 87.0 cm³/mol. The van der Waals surface area contributed by atoms with E-state index < -0.39 is 0 Å². The van der Waals surface area contributed by atoms with Crippen LogP contribution in [0.3, 0.4) is 0 Å². The van der Waals surface area contributed by atoms with E-state index in [9.17, 15) is 13.6 Å². The Morgan fingerprint density at radius 3 is 2.04 bits per heavy atom. The summed E-state index contributed by atoms with van der Waals surface area (Å²) in [4.78, 5) is 12.3. The van der Waals surface area contributed by atoms with Crippen LogP contribution in [0.25, 0.3) is 0 Å². The van der Waals surface area contributed by atoms with Gasteiger partial charge in [0.1, 0.15) is 24.0 Å². The standard InChI is InChI=1S/C20H14F2O2/c21-17-8-4-15(5-9-17)20(23)16-6-10-19(11-7-16)24-13-14-2-1-3-18(22)12-14/h1-12H,13H2. The molecule has 0 fully saturated rings. The van der Waals surface area contributed by atoms with E-state index in [1.165, 1.54) is 36.4 Å². The van der Waals surface area contributed by atoms with Crippen LogP contribution in [0.2, 0.25) is 0 Å². The van der Waals surface area contributed by atoms with E-state index in [-0.39, 0.29) is 24.0 Å². The molecular weight excluding hydrogens is 310 g/mol. The van der Waals surface area contributed by atoms with Crippen molar-refractivity contribution >= 4 is 5.78 Å². The normalized spacial score (nSPS) is 10.4. The lowest BCUT2D eigenvalue weighted by Crippen LogP contribution is -2.01. The van der Waals surface area contributed by atoms with Gasteiger partial charge in [0.05, 0.1) is 0 Å². The maximum Gasteiger partial charge on any atom is 0.193 e. The Morgan fingerprint density at radius 1 is 0.792 bits per heavy atom. The lowest BCUT2D eigenvalue weighted by molar-refractivity contribution is 0.103. The van der Waals surface area contributed by atoms with Crippen molar-refractivity contribution in [2.75, 3.05) is 0 Å². The van der Waals surface area contributed by atoms with Gasteiger partial charge in [0.2, 0.25) is 0 Å². The predicted octanol–water partition coefficient (Wildman–Crippen LogP) is 4.77. The lowest BCUT2D eigenvalue weighted by atomic mass is 10.0. The van der Waals surface area contributed by atoms with Crippen molar-refractivity contribution < 1.29 is 18.3 Å². The van der Waals surface area contributed by atoms with Crippen molar-refractivity contribution in [1.29, 1.82) is 0 Å². The minimum absolute atomic E-state index is 0.188. The van der Waals surface area contributed by atoms with E-state index in [1.807, 2.05) is 0 Å². The molecule has 0 aliphatic heterocycles. The molecule has 0 radical (unpaired) electrons. The molecule has 0 aliphatic rings. The summed E-state index contributed by atoms with van der Waals surface area (Å²) in [6.07, 6.45) is 0. The molecule has 0 bridgehead atoms. The summed E-state index contributed by atoms with van der Waals surface area (Å²) >= 11 is 0. The number of rotatable bonds is 5. The van der Waals surface area contributed by atoms with Gasteiger partial charge in [-0.1, -0.05) is 12.1 Å². The minimum atomic E-state index is -0.382. The Hall–Kier alpha value is -3.01. The number of ether oxygens (including phenoxy) is 1. The summed E-state index contributed by atoms with van der Waals surface area (Å²) in [5, 5.41) is 0. The first-order valence-corrected chi connectivity index (χ1v) is 7.39. The van der Waals surface area contributed by atoms with E-state index in [1.54, 1.807) is 36.4 Å². The number of carbonyl (C=O) groups is 1. The third kappa shape index (κ3) is 3.84. The van der Waals surface area contributed by atoms with Crippen LogP contribution in [0.5, 0.6) is 5.75 Å². The second-order valence-electron chi connectivity index (χ2n) is 5.28. The number of ketones is 1. The van der Waals surface area contributed by atoms with Gasteiger partial charge in [-0.15, -0.1) is 0 Å². The van der Waals surface area contributed by atoms with Gasteiger partial charge in [0, 0.05) is 11.1 Å². The third-order valence-corrected chi connectivity index (χ3v) is 3.52. The third-order valence-electron chi connectivity index (χ3n) is 3.52. The number of hydrogen-bond donors (Lipinski definition) is 0. The monoisotopic (exact) mass is 324 g/mol. The second kappa shape index (κ2) is 7.04. The molecule has 24 heavy (non-hydrogen) atoms. The van der Waals surface area contributed by atoms with Crippen molar-refractivity contribution in [2.24, 2.45) is 0 Å². The van der Waals surface area contributed by atoms with Crippen LogP contribution in [0, 0.1) is 11.6 Å². The van der Waals surface area contributed by atoms with Gasteiger partial charge >= 0.3 is 0 Å². The fraction of sp³-hybridized carbons (Fsp3) is 0.0500. The molecule has 0 N–H and O–H groups in total. The van der Waals surface area contributed by atoms with Crippen LogP contribution in [-0.4, -0.2) is 5.78 Å². The van der Waals surface area contributed by atoms with Gasteiger partial charge in [-0.2, -0.15) is 0 Å². The van der Waals surface area contributed by atoms with E-state index >= 15 is 0 Å². The number of benzene rings is 3. The van der Waals surface area contributed by atoms with Gasteiger partial charge in [-0.3, -0.25) is 4.79 Å². The molecule has 3 rings (SSSR count). The van der Waals surface area contributed by atoms with Gasteiger partial charge < -0.3 is 4.74 Å². The SMILES string of the molecule is O=C(c1ccc(F)cc1)c1ccc(OCc2cccc(F)c2)cc1. The first-order valence-electron chi connectivity index (χ1n) is 7.39. The van der Waals surface area contributed by atoms with Crippen LogP contribution >= 0.6 is 0 Å². The average Bonchev–Trinajstić information content (AvgIpc) is 2.61. The number of halogens is 2. The second-order valence-corrected chi connectivity index (χ2v) is 5.28. The highest BCUT2D eigenvalue weighted by Gasteiger charge is 2.09. The molecule has 3 aromatic rings. The quantitative estimate of drug-likeness (QED) is 0.632. The molecule has 0 unspecified atom stereocenters. The zero-order valence-electron chi connectivity index (χ0n) is 12.7. The van der Waals surface area contributed by atoms with Crippen molar-refractivity contribution in [3.63, 3.8) is 0 Å². The Bertz CT molecular complexity index is 840. The van der Waals surface area contributed by atoms with Crippen LogP contribution in [0.4, 0.5) is 8.78 Å². The molecule has 0 atom stereocenters. The van der Waals surface area contributed by atoms with Crippen LogP contribution in [-0.2, 0) is 6.61 Å². The number of hydrogen-bond acceptors (Lipinski definition) is 2. The summed E-state index contributed by atoms with van der Waals surface area (Å²) in [5.74, 6) is -0.300. The summed E-state index contributed by atoms with van der Waals surface area (Å²) in [7, 11) is 0. The maximum absolute atomic E-state index is 13.1. The molecule has 2 nitrogen and oxygen atoms in total. The van der Waals surface area contributed by atoms with Crippen LogP contribution in [0.15, 0.2) is 72.8 Å². The topological polar surface area (TPSA) is 26.3 Å². The molecule has 0 spiro atoms. The highest BCUT2D eigenvalue weighted by atomic mass is 19.1. The lowest BCUT2D eigenvalue weighted by Gasteiger charge is -2.07. The Kier molecular flexibility index (Phi) is 4.66. The molecule has 0 saturated heterocycles. The largest absolute Gasteiger partial charge is 0.489 e. The molecule has 0 amide bonds. The summed E-state index contributed by atoms with van der Waals surface area (Å²) < 4.78 is 31.6. The van der Waals surface area contributed by atoms with Gasteiger partial charge in [-0.05, 0) is 66.2 Å². The molecule has 120 valence electrons. The van der Waals surface area contributed by atoms with Crippen LogP contribution < -0.4 is 4.74 Å². The fourth-order valence-electron chi connectivity index (χ4n) is 2.26. The first kappa shape index (κ1) is 15.9. The maximum atomic E-state index is 13.1. The average molecular weight is 324 g/mol. The first-order chi connectivity index (χ1) is 11.6. The van der Waals surface area contributed by atoms with Crippen LogP contribution in [0.1, 0.15) is 21.5 Å². The molecular formula is C20H14F2O2. The van der Waals surface area contributed by atoms with Gasteiger partial charge in [-0.25, -0.2) is 8.78 Å². The molecule has 0 aromatic heterocycles. The molecule has 3 aromatic carbocycles. The Morgan fingerprint density at radius 2 is 1.42 bits per heavy atom. The van der Waals surface area contributed by atoms with Crippen molar-refractivity contribution in [1.82, 2.24) is 0 Å². The van der Waals surface area contributed by atoms with E-state index in [0.717, 1.165) is 5.56 Å². The van der Waals surface area contributed by atoms with E-state index in [2.05, 4.69) is 0 Å². The Balaban J connectivity index is 1.66. The molecule has 0 heterocycles. The Labute approximate surface area is 138 Å². The zero-order valence-corrected chi connectivity index (χ0v) is 12.7. The molecule has 4 heteroatoms.